The van der Waals surface area contributed by atoms with E-state index in [-0.39, 0.29) is 29.1 Å². The first kappa shape index (κ1) is 22.5. The first-order valence-corrected chi connectivity index (χ1v) is 12.3. The number of hydrogen-bond donors (Lipinski definition) is 0. The van der Waals surface area contributed by atoms with Gasteiger partial charge >= 0.3 is 0 Å². The Morgan fingerprint density at radius 2 is 1.64 bits per heavy atom. The van der Waals surface area contributed by atoms with Crippen molar-refractivity contribution in [1.29, 1.82) is 0 Å². The Bertz CT molecular complexity index is 1300. The van der Waals surface area contributed by atoms with Crippen molar-refractivity contribution in [1.82, 2.24) is 14.5 Å². The average Bonchev–Trinajstić information content (AvgIpc) is 3.49. The number of carbonyl (C=O) groups excluding carboxylic acids is 1. The second kappa shape index (κ2) is 9.87. The van der Waals surface area contributed by atoms with Crippen molar-refractivity contribution in [2.45, 2.75) is 30.9 Å². The summed E-state index contributed by atoms with van der Waals surface area (Å²) in [5, 5.41) is -0.00768. The number of benzene rings is 2. The molecule has 170 valence electrons. The van der Waals surface area contributed by atoms with Crippen molar-refractivity contribution in [3.63, 3.8) is 0 Å². The van der Waals surface area contributed by atoms with Crippen molar-refractivity contribution >= 4 is 15.7 Å². The van der Waals surface area contributed by atoms with Crippen molar-refractivity contribution < 1.29 is 17.6 Å². The molecule has 0 fully saturated rings. The Kier molecular flexibility index (Phi) is 6.74. The van der Waals surface area contributed by atoms with Crippen LogP contribution in [0.3, 0.4) is 0 Å². The van der Waals surface area contributed by atoms with E-state index < -0.39 is 9.84 Å². The summed E-state index contributed by atoms with van der Waals surface area (Å²) in [7, 11) is -3.72. The lowest BCUT2D eigenvalue weighted by Gasteiger charge is -2.21. The van der Waals surface area contributed by atoms with Crippen LogP contribution in [0.1, 0.15) is 34.3 Å². The summed E-state index contributed by atoms with van der Waals surface area (Å²) < 4.78 is 33.6. The molecule has 1 amide bonds. The van der Waals surface area contributed by atoms with Crippen LogP contribution in [0.25, 0.3) is 0 Å². The molecule has 0 saturated carbocycles. The second-order valence-electron chi connectivity index (χ2n) is 7.65. The molecule has 33 heavy (non-hydrogen) atoms. The molecule has 8 heteroatoms. The molecule has 0 radical (unpaired) electrons. The van der Waals surface area contributed by atoms with Gasteiger partial charge in [0, 0.05) is 6.54 Å². The molecule has 0 saturated heterocycles. The number of aromatic nitrogens is 2. The minimum Gasteiger partial charge on any atom is -0.459 e. The average molecular weight is 464 g/mol. The third kappa shape index (κ3) is 5.23. The van der Waals surface area contributed by atoms with E-state index in [0.29, 0.717) is 24.3 Å². The zero-order valence-electron chi connectivity index (χ0n) is 18.3. The summed E-state index contributed by atoms with van der Waals surface area (Å²) in [6, 6.07) is 21.9. The molecule has 0 N–H and O–H groups in total. The van der Waals surface area contributed by atoms with Crippen molar-refractivity contribution in [2.24, 2.45) is 0 Å². The standard InChI is InChI=1S/C25H25N3O4S/c1-2-27(24(29)23-14-9-15-32-23)18-22-16-26-25(28(22)17-20-10-5-3-6-11-20)33(30,31)19-21-12-7-4-8-13-21/h3-16H,2,17-19H2,1H3. The summed E-state index contributed by atoms with van der Waals surface area (Å²) in [6.45, 7) is 2.83. The smallest absolute Gasteiger partial charge is 0.289 e. The zero-order valence-corrected chi connectivity index (χ0v) is 19.1. The molecule has 4 aromatic rings. The van der Waals surface area contributed by atoms with E-state index in [1.165, 1.54) is 6.26 Å². The molecule has 4 rings (SSSR count). The Morgan fingerprint density at radius 3 is 2.24 bits per heavy atom. The largest absolute Gasteiger partial charge is 0.459 e. The van der Waals surface area contributed by atoms with Crippen LogP contribution in [-0.2, 0) is 28.7 Å². The van der Waals surface area contributed by atoms with Crippen LogP contribution in [0.5, 0.6) is 0 Å². The number of imidazole rings is 1. The van der Waals surface area contributed by atoms with Gasteiger partial charge in [-0.15, -0.1) is 0 Å². The molecule has 0 bridgehead atoms. The Morgan fingerprint density at radius 1 is 0.970 bits per heavy atom. The predicted octanol–water partition coefficient (Wildman–Crippen LogP) is 4.16. The molecular formula is C25H25N3O4S. The van der Waals surface area contributed by atoms with Crippen molar-refractivity contribution in [3.05, 3.63) is 108 Å². The van der Waals surface area contributed by atoms with Crippen LogP contribution < -0.4 is 0 Å². The Labute approximate surface area is 193 Å². The van der Waals surface area contributed by atoms with E-state index in [1.54, 1.807) is 39.9 Å². The number of nitrogens with zero attached hydrogens (tertiary/aromatic N) is 3. The van der Waals surface area contributed by atoms with Crippen LogP contribution >= 0.6 is 0 Å². The number of rotatable bonds is 9. The highest BCUT2D eigenvalue weighted by Gasteiger charge is 2.26. The van der Waals surface area contributed by atoms with Gasteiger partial charge in [-0.3, -0.25) is 4.79 Å². The number of amides is 1. The molecule has 2 aromatic carbocycles. The highest BCUT2D eigenvalue weighted by molar-refractivity contribution is 7.90. The fraction of sp³-hybridized carbons (Fsp3) is 0.200. The molecular weight excluding hydrogens is 438 g/mol. The molecule has 0 aliphatic rings. The van der Waals surface area contributed by atoms with Crippen LogP contribution in [0.4, 0.5) is 0 Å². The first-order valence-electron chi connectivity index (χ1n) is 10.7. The molecule has 0 aliphatic carbocycles. The lowest BCUT2D eigenvalue weighted by Crippen LogP contribution is -2.31. The maximum absolute atomic E-state index is 13.3. The van der Waals surface area contributed by atoms with E-state index in [4.69, 9.17) is 4.42 Å². The van der Waals surface area contributed by atoms with E-state index in [1.807, 2.05) is 55.5 Å². The topological polar surface area (TPSA) is 85.4 Å². The van der Waals surface area contributed by atoms with Crippen LogP contribution in [0.2, 0.25) is 0 Å². The van der Waals surface area contributed by atoms with Gasteiger partial charge < -0.3 is 13.9 Å². The fourth-order valence-electron chi connectivity index (χ4n) is 3.64. The van der Waals surface area contributed by atoms with Crippen LogP contribution in [0, 0.1) is 0 Å². The van der Waals surface area contributed by atoms with Gasteiger partial charge in [0.15, 0.2) is 5.76 Å². The highest BCUT2D eigenvalue weighted by atomic mass is 32.2. The molecule has 0 unspecified atom stereocenters. The zero-order chi connectivity index (χ0) is 23.3. The number of hydrogen-bond acceptors (Lipinski definition) is 5. The van der Waals surface area contributed by atoms with Gasteiger partial charge in [-0.25, -0.2) is 13.4 Å². The normalized spacial score (nSPS) is 11.4. The summed E-state index contributed by atoms with van der Waals surface area (Å²) in [4.78, 5) is 18.7. The predicted molar refractivity (Wildman–Crippen MR) is 124 cm³/mol. The van der Waals surface area contributed by atoms with Crippen LogP contribution in [-0.4, -0.2) is 35.3 Å². The summed E-state index contributed by atoms with van der Waals surface area (Å²) in [6.07, 6.45) is 2.99. The monoisotopic (exact) mass is 463 g/mol. The van der Waals surface area contributed by atoms with E-state index in [9.17, 15) is 13.2 Å². The van der Waals surface area contributed by atoms with Gasteiger partial charge in [0.1, 0.15) is 0 Å². The highest BCUT2D eigenvalue weighted by Crippen LogP contribution is 2.21. The first-order chi connectivity index (χ1) is 16.0. The van der Waals surface area contributed by atoms with E-state index in [2.05, 4.69) is 4.98 Å². The molecule has 7 nitrogen and oxygen atoms in total. The maximum atomic E-state index is 13.3. The van der Waals surface area contributed by atoms with Crippen molar-refractivity contribution in [2.75, 3.05) is 6.54 Å². The lowest BCUT2D eigenvalue weighted by molar-refractivity contribution is 0.0716. The summed E-state index contributed by atoms with van der Waals surface area (Å²) in [5.74, 6) is -0.173. The Hall–Kier alpha value is -3.65. The van der Waals surface area contributed by atoms with Gasteiger partial charge in [0.2, 0.25) is 15.0 Å². The summed E-state index contributed by atoms with van der Waals surface area (Å²) in [5.41, 5.74) is 2.26. The third-order valence-corrected chi connectivity index (χ3v) is 6.91. The maximum Gasteiger partial charge on any atom is 0.289 e. The van der Waals surface area contributed by atoms with Gasteiger partial charge in [0.05, 0.1) is 37.0 Å². The molecule has 0 spiro atoms. The second-order valence-corrected chi connectivity index (χ2v) is 9.53. The third-order valence-electron chi connectivity index (χ3n) is 5.32. The quantitative estimate of drug-likeness (QED) is 0.372. The molecule has 0 aliphatic heterocycles. The minimum atomic E-state index is -3.72. The van der Waals surface area contributed by atoms with Crippen molar-refractivity contribution in [3.8, 4) is 0 Å². The van der Waals surface area contributed by atoms with E-state index in [0.717, 1.165) is 5.56 Å². The number of sulfone groups is 1. The van der Waals surface area contributed by atoms with Gasteiger partial charge in [-0.2, -0.15) is 0 Å². The lowest BCUT2D eigenvalue weighted by atomic mass is 10.2. The minimum absolute atomic E-state index is 0.00768. The molecule has 2 aromatic heterocycles. The molecule has 2 heterocycles. The Balaban J connectivity index is 1.69. The number of furan rings is 1. The molecule has 0 atom stereocenters. The number of carbonyl (C=O) groups is 1. The van der Waals surface area contributed by atoms with Gasteiger partial charge in [-0.05, 0) is 30.2 Å². The summed E-state index contributed by atoms with van der Waals surface area (Å²) >= 11 is 0. The van der Waals surface area contributed by atoms with Crippen LogP contribution in [0.15, 0.2) is 94.8 Å². The van der Waals surface area contributed by atoms with E-state index >= 15 is 0 Å². The van der Waals surface area contributed by atoms with Gasteiger partial charge in [-0.1, -0.05) is 60.7 Å². The SMILES string of the molecule is CCN(Cc1cnc(S(=O)(=O)Cc2ccccc2)n1Cc1ccccc1)C(=O)c1ccco1. The van der Waals surface area contributed by atoms with Gasteiger partial charge in [0.25, 0.3) is 5.91 Å². The fourth-order valence-corrected chi connectivity index (χ4v) is 5.13.